The molecule has 2 aromatic carbocycles. The zero-order valence-corrected chi connectivity index (χ0v) is 17.9. The first-order chi connectivity index (χ1) is 13.6. The van der Waals surface area contributed by atoms with Crippen LogP contribution in [0.4, 0.5) is 5.69 Å². The number of hydrogen-bond acceptors (Lipinski definition) is 5. The Morgan fingerprint density at radius 3 is 2.55 bits per heavy atom. The minimum atomic E-state index is -4.23. The summed E-state index contributed by atoms with van der Waals surface area (Å²) in [5.41, 5.74) is 0.868. The van der Waals surface area contributed by atoms with E-state index in [0.717, 1.165) is 0 Å². The zero-order chi connectivity index (χ0) is 21.3. The van der Waals surface area contributed by atoms with Gasteiger partial charge in [0, 0.05) is 11.4 Å². The molecule has 10 heteroatoms. The molecule has 7 nitrogen and oxygen atoms in total. The Morgan fingerprint density at radius 1 is 1.21 bits per heavy atom. The maximum atomic E-state index is 13.1. The molecule has 1 aliphatic heterocycles. The number of rotatable bonds is 5. The van der Waals surface area contributed by atoms with E-state index in [9.17, 15) is 18.0 Å². The van der Waals surface area contributed by atoms with Gasteiger partial charge in [0.05, 0.1) is 22.7 Å². The van der Waals surface area contributed by atoms with Crippen LogP contribution in [0.3, 0.4) is 0 Å². The standard InChI is InChI=1S/C19H18Cl2N2O5S/c1-11-9-13(4-7-17(11)28-2)29(26,27)23-16(6-8-18(23)24)19(25)22-15-5-3-12(20)10-14(15)21/h3-5,7,9-10,16H,6,8H2,1-2H3,(H,22,25)/t16-/m1/s1. The number of carbonyl (C=O) groups is 2. The lowest BCUT2D eigenvalue weighted by molar-refractivity contribution is -0.128. The van der Waals surface area contributed by atoms with E-state index in [1.54, 1.807) is 6.92 Å². The summed E-state index contributed by atoms with van der Waals surface area (Å²) in [6.45, 7) is 1.69. The number of benzene rings is 2. The summed E-state index contributed by atoms with van der Waals surface area (Å²) in [5, 5.41) is 3.17. The number of nitrogens with one attached hydrogen (secondary N) is 1. The number of amides is 2. The highest BCUT2D eigenvalue weighted by Crippen LogP contribution is 2.31. The molecule has 1 atom stereocenters. The molecule has 1 N–H and O–H groups in total. The van der Waals surface area contributed by atoms with E-state index in [1.807, 2.05) is 0 Å². The number of sulfonamides is 1. The molecule has 0 spiro atoms. The maximum absolute atomic E-state index is 13.1. The van der Waals surface area contributed by atoms with Gasteiger partial charge in [0.1, 0.15) is 11.8 Å². The van der Waals surface area contributed by atoms with Crippen LogP contribution in [0.15, 0.2) is 41.3 Å². The number of aryl methyl sites for hydroxylation is 1. The van der Waals surface area contributed by atoms with Crippen molar-refractivity contribution in [1.29, 1.82) is 0 Å². The van der Waals surface area contributed by atoms with Gasteiger partial charge in [0.15, 0.2) is 0 Å². The van der Waals surface area contributed by atoms with Gasteiger partial charge in [0.2, 0.25) is 11.8 Å². The Bertz CT molecular complexity index is 1090. The lowest BCUT2D eigenvalue weighted by Crippen LogP contribution is -2.45. The second kappa shape index (κ2) is 8.22. The van der Waals surface area contributed by atoms with Crippen LogP contribution in [0, 0.1) is 6.92 Å². The van der Waals surface area contributed by atoms with Gasteiger partial charge in [-0.05, 0) is 55.3 Å². The Labute approximate surface area is 178 Å². The van der Waals surface area contributed by atoms with Crippen molar-refractivity contribution in [3.05, 3.63) is 52.0 Å². The molecule has 2 amide bonds. The van der Waals surface area contributed by atoms with Gasteiger partial charge in [-0.2, -0.15) is 0 Å². The summed E-state index contributed by atoms with van der Waals surface area (Å²) >= 11 is 11.9. The number of hydrogen-bond donors (Lipinski definition) is 1. The molecule has 0 aliphatic carbocycles. The van der Waals surface area contributed by atoms with E-state index in [4.69, 9.17) is 27.9 Å². The second-order valence-electron chi connectivity index (χ2n) is 6.49. The van der Waals surface area contributed by atoms with Crippen LogP contribution in [0.5, 0.6) is 5.75 Å². The Morgan fingerprint density at radius 2 is 1.93 bits per heavy atom. The number of carbonyl (C=O) groups excluding carboxylic acids is 2. The van der Waals surface area contributed by atoms with Gasteiger partial charge < -0.3 is 10.1 Å². The molecular weight excluding hydrogens is 439 g/mol. The van der Waals surface area contributed by atoms with Gasteiger partial charge in [-0.25, -0.2) is 12.7 Å². The third-order valence-corrected chi connectivity index (χ3v) is 6.95. The summed E-state index contributed by atoms with van der Waals surface area (Å²) in [7, 11) is -2.75. The largest absolute Gasteiger partial charge is 0.496 e. The normalized spacial score (nSPS) is 16.8. The highest BCUT2D eigenvalue weighted by Gasteiger charge is 2.44. The van der Waals surface area contributed by atoms with E-state index >= 15 is 0 Å². The van der Waals surface area contributed by atoms with Crippen molar-refractivity contribution in [2.24, 2.45) is 0 Å². The van der Waals surface area contributed by atoms with Crippen LogP contribution in [0.25, 0.3) is 0 Å². The minimum Gasteiger partial charge on any atom is -0.496 e. The molecule has 1 heterocycles. The molecule has 0 aromatic heterocycles. The summed E-state index contributed by atoms with van der Waals surface area (Å²) in [4.78, 5) is 25.1. The average Bonchev–Trinajstić information content (AvgIpc) is 3.06. The van der Waals surface area contributed by atoms with Crippen LogP contribution in [0.1, 0.15) is 18.4 Å². The van der Waals surface area contributed by atoms with Crippen molar-refractivity contribution >= 4 is 50.7 Å². The fraction of sp³-hybridized carbons (Fsp3) is 0.263. The van der Waals surface area contributed by atoms with Crippen LogP contribution in [-0.2, 0) is 19.6 Å². The smallest absolute Gasteiger partial charge is 0.267 e. The Kier molecular flexibility index (Phi) is 6.07. The van der Waals surface area contributed by atoms with Gasteiger partial charge in [-0.3, -0.25) is 9.59 Å². The van der Waals surface area contributed by atoms with Crippen LogP contribution in [0.2, 0.25) is 10.0 Å². The molecule has 0 radical (unpaired) electrons. The van der Waals surface area contributed by atoms with Crippen molar-refractivity contribution < 1.29 is 22.7 Å². The number of halogens is 2. The maximum Gasteiger partial charge on any atom is 0.267 e. The number of nitrogens with zero attached hydrogens (tertiary/aromatic N) is 1. The van der Waals surface area contributed by atoms with Crippen molar-refractivity contribution in [3.8, 4) is 5.75 Å². The van der Waals surface area contributed by atoms with E-state index in [2.05, 4.69) is 5.32 Å². The molecule has 2 aromatic rings. The van der Waals surface area contributed by atoms with E-state index in [1.165, 1.54) is 43.5 Å². The molecule has 1 fully saturated rings. The number of methoxy groups -OCH3 is 1. The van der Waals surface area contributed by atoms with Gasteiger partial charge in [0.25, 0.3) is 10.0 Å². The molecule has 29 heavy (non-hydrogen) atoms. The topological polar surface area (TPSA) is 92.8 Å². The van der Waals surface area contributed by atoms with Crippen molar-refractivity contribution in [2.45, 2.75) is 30.7 Å². The second-order valence-corrected chi connectivity index (χ2v) is 9.15. The van der Waals surface area contributed by atoms with E-state index in [0.29, 0.717) is 20.6 Å². The zero-order valence-electron chi connectivity index (χ0n) is 15.6. The first-order valence-corrected chi connectivity index (χ1v) is 10.8. The molecule has 154 valence electrons. The van der Waals surface area contributed by atoms with Gasteiger partial charge in [-0.15, -0.1) is 0 Å². The average molecular weight is 457 g/mol. The van der Waals surface area contributed by atoms with E-state index < -0.39 is 27.9 Å². The van der Waals surface area contributed by atoms with Crippen LogP contribution >= 0.6 is 23.2 Å². The summed E-state index contributed by atoms with van der Waals surface area (Å²) in [6.07, 6.45) is 0.0189. The number of anilines is 1. The van der Waals surface area contributed by atoms with Gasteiger partial charge in [-0.1, -0.05) is 23.2 Å². The van der Waals surface area contributed by atoms with Crippen molar-refractivity contribution in [1.82, 2.24) is 4.31 Å². The van der Waals surface area contributed by atoms with E-state index in [-0.39, 0.29) is 28.4 Å². The highest BCUT2D eigenvalue weighted by atomic mass is 35.5. The van der Waals surface area contributed by atoms with Crippen molar-refractivity contribution in [3.63, 3.8) is 0 Å². The Balaban J connectivity index is 1.91. The molecule has 3 rings (SSSR count). The third-order valence-electron chi connectivity index (χ3n) is 4.58. The number of ether oxygens (including phenoxy) is 1. The van der Waals surface area contributed by atoms with Crippen LogP contribution in [-0.4, -0.2) is 37.7 Å². The predicted molar refractivity (Wildman–Crippen MR) is 110 cm³/mol. The first-order valence-electron chi connectivity index (χ1n) is 8.63. The fourth-order valence-electron chi connectivity index (χ4n) is 3.13. The molecule has 0 unspecified atom stereocenters. The molecule has 1 aliphatic rings. The highest BCUT2D eigenvalue weighted by molar-refractivity contribution is 7.89. The molecular formula is C19H18Cl2N2O5S. The van der Waals surface area contributed by atoms with Gasteiger partial charge >= 0.3 is 0 Å². The lowest BCUT2D eigenvalue weighted by Gasteiger charge is -2.24. The monoisotopic (exact) mass is 456 g/mol. The third kappa shape index (κ3) is 4.19. The summed E-state index contributed by atoms with van der Waals surface area (Å²) in [5.74, 6) is -0.766. The van der Waals surface area contributed by atoms with Crippen molar-refractivity contribution in [2.75, 3.05) is 12.4 Å². The molecule has 1 saturated heterocycles. The summed E-state index contributed by atoms with van der Waals surface area (Å²) < 4.78 is 32.0. The predicted octanol–water partition coefficient (Wildman–Crippen LogP) is 3.63. The SMILES string of the molecule is COc1ccc(S(=O)(=O)N2C(=O)CC[C@@H]2C(=O)Nc2ccc(Cl)cc2Cl)cc1C. The molecule has 0 bridgehead atoms. The first kappa shape index (κ1) is 21.4. The fourth-order valence-corrected chi connectivity index (χ4v) is 5.28. The Hall–Kier alpha value is -2.29. The molecule has 0 saturated carbocycles. The summed E-state index contributed by atoms with van der Waals surface area (Å²) in [6, 6.07) is 7.57. The van der Waals surface area contributed by atoms with Crippen LogP contribution < -0.4 is 10.1 Å². The minimum absolute atomic E-state index is 0.0548. The lowest BCUT2D eigenvalue weighted by atomic mass is 10.2. The quantitative estimate of drug-likeness (QED) is 0.741.